The number of fused-ring (bicyclic) bond motifs is 5. The normalized spacial score (nSPS) is 22.6. The van der Waals surface area contributed by atoms with Gasteiger partial charge in [-0.1, -0.05) is 60.2 Å². The van der Waals surface area contributed by atoms with Crippen molar-refractivity contribution in [1.29, 1.82) is 0 Å². The number of halogens is 1. The number of aryl methyl sites for hydroxylation is 1. The topological polar surface area (TPSA) is 46.6 Å². The minimum Gasteiger partial charge on any atom is -0.448 e. The van der Waals surface area contributed by atoms with Gasteiger partial charge in [0.2, 0.25) is 0 Å². The molecule has 5 heteroatoms. The first-order valence-electron chi connectivity index (χ1n) is 12.4. The second kappa shape index (κ2) is 8.63. The van der Waals surface area contributed by atoms with Crippen LogP contribution < -0.4 is 0 Å². The summed E-state index contributed by atoms with van der Waals surface area (Å²) in [6.07, 6.45) is 2.54. The largest absolute Gasteiger partial charge is 0.448 e. The van der Waals surface area contributed by atoms with Gasteiger partial charge in [0.1, 0.15) is 12.4 Å². The molecule has 2 unspecified atom stereocenters. The van der Waals surface area contributed by atoms with E-state index in [1.165, 1.54) is 28.3 Å². The summed E-state index contributed by atoms with van der Waals surface area (Å²) in [4.78, 5) is 28.2. The van der Waals surface area contributed by atoms with Gasteiger partial charge in [0, 0.05) is 23.9 Å². The number of piperidine rings is 1. The summed E-state index contributed by atoms with van der Waals surface area (Å²) in [5.74, 6) is -0.851. The molecule has 2 fully saturated rings. The Morgan fingerprint density at radius 1 is 0.914 bits per heavy atom. The van der Waals surface area contributed by atoms with Crippen LogP contribution in [0.2, 0.25) is 0 Å². The molecule has 2 aliphatic heterocycles. The van der Waals surface area contributed by atoms with E-state index in [0.717, 1.165) is 18.4 Å². The molecule has 0 aromatic heterocycles. The Hall–Kier alpha value is -3.47. The van der Waals surface area contributed by atoms with Crippen molar-refractivity contribution in [1.82, 2.24) is 4.90 Å². The van der Waals surface area contributed by atoms with Crippen molar-refractivity contribution in [3.05, 3.63) is 94.8 Å². The maximum atomic E-state index is 14.3. The lowest BCUT2D eigenvalue weighted by Crippen LogP contribution is -2.48. The molecule has 0 radical (unpaired) electrons. The summed E-state index contributed by atoms with van der Waals surface area (Å²) in [5, 5.41) is 0. The molecule has 0 spiro atoms. The molecule has 4 nitrogen and oxygen atoms in total. The van der Waals surface area contributed by atoms with Gasteiger partial charge >= 0.3 is 6.09 Å². The Morgan fingerprint density at radius 2 is 1.51 bits per heavy atom. The highest BCUT2D eigenvalue weighted by molar-refractivity contribution is 5.98. The van der Waals surface area contributed by atoms with Crippen molar-refractivity contribution in [2.45, 2.75) is 50.6 Å². The monoisotopic (exact) mass is 469 g/mol. The number of hydrogen-bond acceptors (Lipinski definition) is 3. The smallest absolute Gasteiger partial charge is 0.410 e. The van der Waals surface area contributed by atoms with E-state index in [4.69, 9.17) is 4.74 Å². The zero-order valence-electron chi connectivity index (χ0n) is 19.7. The van der Waals surface area contributed by atoms with E-state index in [2.05, 4.69) is 24.3 Å². The van der Waals surface area contributed by atoms with Crippen molar-refractivity contribution >= 4 is 11.9 Å². The summed E-state index contributed by atoms with van der Waals surface area (Å²) < 4.78 is 20.3. The number of Topliss-reactive ketones (excluding diaryl/α,β-unsaturated/α-hetero) is 1. The molecule has 3 aromatic carbocycles. The molecule has 3 aliphatic rings. The summed E-state index contributed by atoms with van der Waals surface area (Å²) in [7, 11) is 0. The molecule has 35 heavy (non-hydrogen) atoms. The van der Waals surface area contributed by atoms with Gasteiger partial charge in [-0.05, 0) is 67.0 Å². The minimum absolute atomic E-state index is 0.0208. The van der Waals surface area contributed by atoms with Crippen LogP contribution in [0.25, 0.3) is 11.1 Å². The summed E-state index contributed by atoms with van der Waals surface area (Å²) in [6.45, 7) is 2.15. The number of hydrogen-bond donors (Lipinski definition) is 0. The van der Waals surface area contributed by atoms with Crippen LogP contribution in [0.3, 0.4) is 0 Å². The van der Waals surface area contributed by atoms with Gasteiger partial charge in [-0.2, -0.15) is 0 Å². The zero-order valence-corrected chi connectivity index (χ0v) is 19.7. The van der Waals surface area contributed by atoms with Gasteiger partial charge in [-0.25, -0.2) is 9.18 Å². The van der Waals surface area contributed by atoms with Crippen LogP contribution in [-0.4, -0.2) is 35.5 Å². The predicted octanol–water partition coefficient (Wildman–Crippen LogP) is 6.51. The second-order valence-corrected chi connectivity index (χ2v) is 10.1. The van der Waals surface area contributed by atoms with E-state index in [1.54, 1.807) is 12.1 Å². The quantitative estimate of drug-likeness (QED) is 0.409. The van der Waals surface area contributed by atoms with Crippen molar-refractivity contribution in [3.8, 4) is 11.1 Å². The van der Waals surface area contributed by atoms with E-state index in [-0.39, 0.29) is 41.4 Å². The highest BCUT2D eigenvalue weighted by Crippen LogP contribution is 2.45. The van der Waals surface area contributed by atoms with Gasteiger partial charge in [-0.3, -0.25) is 4.79 Å². The maximum absolute atomic E-state index is 14.3. The number of nitrogens with zero attached hydrogens (tertiary/aromatic N) is 1. The first-order valence-corrected chi connectivity index (χ1v) is 12.4. The van der Waals surface area contributed by atoms with Gasteiger partial charge in [0.15, 0.2) is 5.78 Å². The average molecular weight is 470 g/mol. The molecule has 0 saturated carbocycles. The Kier molecular flexibility index (Phi) is 5.43. The third-order valence-electron chi connectivity index (χ3n) is 8.04. The van der Waals surface area contributed by atoms with Gasteiger partial charge in [-0.15, -0.1) is 0 Å². The van der Waals surface area contributed by atoms with Gasteiger partial charge in [0.25, 0.3) is 0 Å². The van der Waals surface area contributed by atoms with Gasteiger partial charge < -0.3 is 9.64 Å². The number of carbonyl (C=O) groups excluding carboxylic acids is 2. The SMILES string of the molecule is Cc1ccc(F)c(C(=O)C2CC3CCC(C2)N3C(=O)OCC2c3ccccc3-c3ccccc32)c1. The fourth-order valence-corrected chi connectivity index (χ4v) is 6.41. The highest BCUT2D eigenvalue weighted by atomic mass is 19.1. The molecule has 0 N–H and O–H groups in total. The molecular formula is C30H28FNO3. The van der Waals surface area contributed by atoms with Crippen LogP contribution in [-0.2, 0) is 4.74 Å². The Bertz CT molecular complexity index is 1260. The van der Waals surface area contributed by atoms with Crippen molar-refractivity contribution in [2.24, 2.45) is 5.92 Å². The van der Waals surface area contributed by atoms with Crippen LogP contribution >= 0.6 is 0 Å². The number of rotatable bonds is 4. The summed E-state index contributed by atoms with van der Waals surface area (Å²) in [6, 6.07) is 21.2. The Labute approximate surface area is 204 Å². The number of ether oxygens (including phenoxy) is 1. The van der Waals surface area contributed by atoms with Crippen LogP contribution in [0, 0.1) is 18.7 Å². The molecule has 1 aliphatic carbocycles. The van der Waals surface area contributed by atoms with Crippen molar-refractivity contribution in [2.75, 3.05) is 6.61 Å². The molecule has 2 heterocycles. The van der Waals surface area contributed by atoms with E-state index in [1.807, 2.05) is 36.1 Å². The Morgan fingerprint density at radius 3 is 2.14 bits per heavy atom. The molecular weight excluding hydrogens is 441 g/mol. The molecule has 2 saturated heterocycles. The summed E-state index contributed by atoms with van der Waals surface area (Å²) >= 11 is 0. The molecule has 3 aromatic rings. The van der Waals surface area contributed by atoms with Gasteiger partial charge in [0.05, 0.1) is 5.56 Å². The zero-order chi connectivity index (χ0) is 24.1. The summed E-state index contributed by atoms with van der Waals surface area (Å²) in [5.41, 5.74) is 5.82. The fraction of sp³-hybridized carbons (Fsp3) is 0.333. The molecule has 178 valence electrons. The van der Waals surface area contributed by atoms with Crippen LogP contribution in [0.15, 0.2) is 66.7 Å². The highest BCUT2D eigenvalue weighted by Gasteiger charge is 2.46. The number of carbonyl (C=O) groups is 2. The number of amides is 1. The van der Waals surface area contributed by atoms with E-state index in [9.17, 15) is 14.0 Å². The molecule has 2 atom stereocenters. The first kappa shape index (κ1) is 22.0. The lowest BCUT2D eigenvalue weighted by Gasteiger charge is -2.37. The average Bonchev–Trinajstić information content (AvgIpc) is 3.34. The number of benzene rings is 3. The standard InChI is InChI=1S/C30H28FNO3/c1-18-10-13-28(31)26(14-18)29(33)19-15-20-11-12-21(16-19)32(20)30(34)35-17-27-24-8-4-2-6-22(24)23-7-3-5-9-25(23)27/h2-10,13-14,19-21,27H,11-12,15-17H2,1H3. The molecule has 2 bridgehead atoms. The third-order valence-corrected chi connectivity index (χ3v) is 8.04. The minimum atomic E-state index is -0.466. The van der Waals surface area contributed by atoms with Crippen LogP contribution in [0.4, 0.5) is 9.18 Å². The molecule has 1 amide bonds. The third kappa shape index (κ3) is 3.74. The predicted molar refractivity (Wildman–Crippen MR) is 132 cm³/mol. The first-order chi connectivity index (χ1) is 17.0. The van der Waals surface area contributed by atoms with Crippen LogP contribution in [0.5, 0.6) is 0 Å². The van der Waals surface area contributed by atoms with Crippen molar-refractivity contribution < 1.29 is 18.7 Å². The maximum Gasteiger partial charge on any atom is 0.410 e. The van der Waals surface area contributed by atoms with E-state index >= 15 is 0 Å². The Balaban J connectivity index is 1.15. The number of ketones is 1. The second-order valence-electron chi connectivity index (χ2n) is 10.1. The van der Waals surface area contributed by atoms with E-state index < -0.39 is 5.82 Å². The van der Waals surface area contributed by atoms with Crippen LogP contribution in [0.1, 0.15) is 58.6 Å². The van der Waals surface area contributed by atoms with Crippen molar-refractivity contribution in [3.63, 3.8) is 0 Å². The molecule has 6 rings (SSSR count). The van der Waals surface area contributed by atoms with E-state index in [0.29, 0.717) is 19.4 Å². The lowest BCUT2D eigenvalue weighted by molar-refractivity contribution is 0.0504. The lowest BCUT2D eigenvalue weighted by atomic mass is 9.84. The fourth-order valence-electron chi connectivity index (χ4n) is 6.41.